The van der Waals surface area contributed by atoms with Gasteiger partial charge in [-0.25, -0.2) is 0 Å². The number of carboxylic acid groups (broad SMARTS) is 1. The topological polar surface area (TPSA) is 57.5 Å². The molecular weight excluding hydrogens is 192 g/mol. The van der Waals surface area contributed by atoms with E-state index in [9.17, 15) is 15.0 Å². The van der Waals surface area contributed by atoms with Crippen molar-refractivity contribution in [1.29, 1.82) is 0 Å². The summed E-state index contributed by atoms with van der Waals surface area (Å²) in [6.07, 6.45) is 0.408. The summed E-state index contributed by atoms with van der Waals surface area (Å²) in [4.78, 5) is 11.2. The maximum absolute atomic E-state index is 11.2. The molecule has 0 saturated heterocycles. The predicted octanol–water partition coefficient (Wildman–Crippen LogP) is 2.14. The minimum atomic E-state index is -0.800. The van der Waals surface area contributed by atoms with Crippen LogP contribution in [-0.4, -0.2) is 16.2 Å². The van der Waals surface area contributed by atoms with Gasteiger partial charge in [0.25, 0.3) is 0 Å². The molecule has 2 unspecified atom stereocenters. The third kappa shape index (κ3) is 1.23. The van der Waals surface area contributed by atoms with Crippen LogP contribution in [0.1, 0.15) is 30.9 Å². The Morgan fingerprint density at radius 1 is 1.53 bits per heavy atom. The van der Waals surface area contributed by atoms with Crippen LogP contribution in [0, 0.1) is 5.41 Å². The number of aromatic hydroxyl groups is 1. The Hall–Kier alpha value is -1.51. The molecule has 2 atom stereocenters. The third-order valence-electron chi connectivity index (χ3n) is 3.64. The average Bonchev–Trinajstić information content (AvgIpc) is 2.44. The fourth-order valence-corrected chi connectivity index (χ4v) is 2.31. The summed E-state index contributed by atoms with van der Waals surface area (Å²) in [5.41, 5.74) is 0.955. The zero-order chi connectivity index (χ0) is 11.2. The molecule has 2 N–H and O–H groups in total. The van der Waals surface area contributed by atoms with Crippen LogP contribution in [0.2, 0.25) is 0 Å². The van der Waals surface area contributed by atoms with Crippen LogP contribution in [-0.2, 0) is 11.2 Å². The number of fused-ring (bicyclic) bond motifs is 1. The van der Waals surface area contributed by atoms with Crippen molar-refractivity contribution in [3.63, 3.8) is 0 Å². The lowest BCUT2D eigenvalue weighted by molar-refractivity contribution is -0.148. The molecule has 0 saturated carbocycles. The Kier molecular flexibility index (Phi) is 2.00. The molecule has 0 aliphatic heterocycles. The molecule has 3 heteroatoms. The number of hydrogen-bond donors (Lipinski definition) is 2. The lowest BCUT2D eigenvalue weighted by Crippen LogP contribution is -2.30. The molecule has 2 rings (SSSR count). The van der Waals surface area contributed by atoms with Crippen LogP contribution in [0.15, 0.2) is 18.2 Å². The molecule has 15 heavy (non-hydrogen) atoms. The highest BCUT2D eigenvalue weighted by Gasteiger charge is 2.46. The number of hydrogen-bond acceptors (Lipinski definition) is 2. The van der Waals surface area contributed by atoms with Crippen LogP contribution in [0.3, 0.4) is 0 Å². The van der Waals surface area contributed by atoms with E-state index in [0.717, 1.165) is 11.1 Å². The van der Waals surface area contributed by atoms with E-state index in [0.29, 0.717) is 6.42 Å². The van der Waals surface area contributed by atoms with Crippen LogP contribution >= 0.6 is 0 Å². The number of benzene rings is 1. The van der Waals surface area contributed by atoms with Gasteiger partial charge in [-0.1, -0.05) is 19.1 Å². The molecule has 0 spiro atoms. The average molecular weight is 206 g/mol. The molecule has 0 radical (unpaired) electrons. The normalized spacial score (nSPS) is 28.8. The number of carboxylic acids is 1. The largest absolute Gasteiger partial charge is 0.508 e. The Balaban J connectivity index is 2.54. The second-order valence-corrected chi connectivity index (χ2v) is 4.47. The zero-order valence-corrected chi connectivity index (χ0v) is 8.82. The summed E-state index contributed by atoms with van der Waals surface area (Å²) in [7, 11) is 0. The highest BCUT2D eigenvalue weighted by molar-refractivity contribution is 5.78. The summed E-state index contributed by atoms with van der Waals surface area (Å²) in [6, 6.07) is 5.27. The van der Waals surface area contributed by atoms with Crippen molar-refractivity contribution in [2.75, 3.05) is 0 Å². The van der Waals surface area contributed by atoms with Gasteiger partial charge in [0.15, 0.2) is 0 Å². The second-order valence-electron chi connectivity index (χ2n) is 4.47. The number of carbonyl (C=O) groups is 1. The molecule has 3 nitrogen and oxygen atoms in total. The second kappa shape index (κ2) is 2.99. The predicted molar refractivity (Wildman–Crippen MR) is 56.0 cm³/mol. The van der Waals surface area contributed by atoms with Gasteiger partial charge < -0.3 is 10.2 Å². The summed E-state index contributed by atoms with van der Waals surface area (Å²) in [5.74, 6) is -0.646. The van der Waals surface area contributed by atoms with Crippen LogP contribution in [0.4, 0.5) is 0 Å². The molecule has 0 heterocycles. The monoisotopic (exact) mass is 206 g/mol. The third-order valence-corrected chi connectivity index (χ3v) is 3.64. The molecular formula is C12H14O3. The van der Waals surface area contributed by atoms with Gasteiger partial charge in [-0.2, -0.15) is 0 Å². The summed E-state index contributed by atoms with van der Waals surface area (Å²) in [5, 5.41) is 18.9. The van der Waals surface area contributed by atoms with Crippen molar-refractivity contribution in [2.45, 2.75) is 26.2 Å². The SMILES string of the molecule is CC1c2cccc(O)c2CC1(C)C(=O)O. The maximum Gasteiger partial charge on any atom is 0.310 e. The number of rotatable bonds is 1. The van der Waals surface area contributed by atoms with Gasteiger partial charge in [0.1, 0.15) is 5.75 Å². The molecule has 1 aromatic carbocycles. The van der Waals surface area contributed by atoms with Gasteiger partial charge in [0, 0.05) is 0 Å². The molecule has 0 fully saturated rings. The first-order chi connectivity index (χ1) is 6.97. The number of phenols is 1. The van der Waals surface area contributed by atoms with E-state index < -0.39 is 11.4 Å². The zero-order valence-electron chi connectivity index (χ0n) is 8.82. The Bertz CT molecular complexity index is 425. The van der Waals surface area contributed by atoms with Crippen molar-refractivity contribution < 1.29 is 15.0 Å². The lowest BCUT2D eigenvalue weighted by Gasteiger charge is -2.23. The lowest BCUT2D eigenvalue weighted by atomic mass is 9.79. The summed E-state index contributed by atoms with van der Waals surface area (Å²) >= 11 is 0. The van der Waals surface area contributed by atoms with Gasteiger partial charge in [-0.3, -0.25) is 4.79 Å². The van der Waals surface area contributed by atoms with Gasteiger partial charge in [-0.05, 0) is 36.5 Å². The van der Waals surface area contributed by atoms with E-state index in [1.807, 2.05) is 13.0 Å². The van der Waals surface area contributed by atoms with Crippen LogP contribution in [0.25, 0.3) is 0 Å². The van der Waals surface area contributed by atoms with E-state index in [2.05, 4.69) is 0 Å². The van der Waals surface area contributed by atoms with E-state index in [-0.39, 0.29) is 11.7 Å². The first-order valence-corrected chi connectivity index (χ1v) is 5.01. The maximum atomic E-state index is 11.2. The van der Waals surface area contributed by atoms with Gasteiger partial charge in [0.2, 0.25) is 0 Å². The molecule has 1 aromatic rings. The standard InChI is InChI=1S/C12H14O3/c1-7-8-4-3-5-10(13)9(8)6-12(7,2)11(14)15/h3-5,7,13H,6H2,1-2H3,(H,14,15). The Morgan fingerprint density at radius 3 is 2.73 bits per heavy atom. The van der Waals surface area contributed by atoms with Crippen LogP contribution in [0.5, 0.6) is 5.75 Å². The first kappa shape index (κ1) is 10.0. The number of phenolic OH excluding ortho intramolecular Hbond substituents is 1. The van der Waals surface area contributed by atoms with Gasteiger partial charge >= 0.3 is 5.97 Å². The fourth-order valence-electron chi connectivity index (χ4n) is 2.31. The minimum Gasteiger partial charge on any atom is -0.508 e. The minimum absolute atomic E-state index is 0.0582. The van der Waals surface area contributed by atoms with Crippen molar-refractivity contribution >= 4 is 5.97 Å². The van der Waals surface area contributed by atoms with E-state index in [4.69, 9.17) is 0 Å². The van der Waals surface area contributed by atoms with Crippen molar-refractivity contribution in [1.82, 2.24) is 0 Å². The Labute approximate surface area is 88.4 Å². The quantitative estimate of drug-likeness (QED) is 0.740. The van der Waals surface area contributed by atoms with Crippen LogP contribution < -0.4 is 0 Å². The molecule has 0 amide bonds. The highest BCUT2D eigenvalue weighted by Crippen LogP contribution is 2.49. The van der Waals surface area contributed by atoms with E-state index in [1.165, 1.54) is 0 Å². The molecule has 80 valence electrons. The van der Waals surface area contributed by atoms with E-state index >= 15 is 0 Å². The molecule has 0 aromatic heterocycles. The van der Waals surface area contributed by atoms with Gasteiger partial charge in [0.05, 0.1) is 5.41 Å². The first-order valence-electron chi connectivity index (χ1n) is 5.01. The van der Waals surface area contributed by atoms with E-state index in [1.54, 1.807) is 19.1 Å². The Morgan fingerprint density at radius 2 is 2.20 bits per heavy atom. The highest BCUT2D eigenvalue weighted by atomic mass is 16.4. The van der Waals surface area contributed by atoms with Crippen molar-refractivity contribution in [3.05, 3.63) is 29.3 Å². The van der Waals surface area contributed by atoms with Crippen molar-refractivity contribution in [3.8, 4) is 5.75 Å². The van der Waals surface area contributed by atoms with Gasteiger partial charge in [-0.15, -0.1) is 0 Å². The number of aliphatic carboxylic acids is 1. The molecule has 0 bridgehead atoms. The fraction of sp³-hybridized carbons (Fsp3) is 0.417. The van der Waals surface area contributed by atoms with Crippen molar-refractivity contribution in [2.24, 2.45) is 5.41 Å². The molecule has 1 aliphatic rings. The summed E-state index contributed by atoms with van der Waals surface area (Å²) < 4.78 is 0. The molecule has 1 aliphatic carbocycles. The smallest absolute Gasteiger partial charge is 0.310 e. The summed E-state index contributed by atoms with van der Waals surface area (Å²) in [6.45, 7) is 3.64.